The summed E-state index contributed by atoms with van der Waals surface area (Å²) in [7, 11) is 0. The van der Waals surface area contributed by atoms with E-state index in [1.165, 1.54) is 17.4 Å². The van der Waals surface area contributed by atoms with Crippen molar-refractivity contribution in [2.45, 2.75) is 19.4 Å². The second-order valence-electron chi connectivity index (χ2n) is 3.97. The van der Waals surface area contributed by atoms with Gasteiger partial charge in [0.05, 0.1) is 17.2 Å². The van der Waals surface area contributed by atoms with Crippen molar-refractivity contribution in [1.29, 1.82) is 0 Å². The molecule has 1 aromatic carbocycles. The molecule has 0 spiro atoms. The second kappa shape index (κ2) is 5.51. The van der Waals surface area contributed by atoms with Crippen LogP contribution < -0.4 is 11.3 Å². The SMILES string of the molecule is Cc1ncsc1C(Cc1ccc(F)c(F)c1)NN. The molecule has 3 nitrogen and oxygen atoms in total. The highest BCUT2D eigenvalue weighted by atomic mass is 32.1. The van der Waals surface area contributed by atoms with Crippen molar-refractivity contribution in [3.8, 4) is 0 Å². The monoisotopic (exact) mass is 269 g/mol. The van der Waals surface area contributed by atoms with Gasteiger partial charge in [0.25, 0.3) is 0 Å². The first kappa shape index (κ1) is 13.1. The van der Waals surface area contributed by atoms with Crippen molar-refractivity contribution < 1.29 is 8.78 Å². The fourth-order valence-corrected chi connectivity index (χ4v) is 2.64. The Balaban J connectivity index is 2.20. The van der Waals surface area contributed by atoms with Gasteiger partial charge in [0.1, 0.15) is 0 Å². The first-order chi connectivity index (χ1) is 8.61. The van der Waals surface area contributed by atoms with E-state index in [4.69, 9.17) is 5.84 Å². The highest BCUT2D eigenvalue weighted by molar-refractivity contribution is 7.09. The van der Waals surface area contributed by atoms with Crippen LogP contribution in [0.15, 0.2) is 23.7 Å². The Kier molecular flexibility index (Phi) is 4.00. The van der Waals surface area contributed by atoms with Crippen molar-refractivity contribution in [3.63, 3.8) is 0 Å². The van der Waals surface area contributed by atoms with E-state index in [-0.39, 0.29) is 6.04 Å². The quantitative estimate of drug-likeness (QED) is 0.662. The first-order valence-corrected chi connectivity index (χ1v) is 6.30. The minimum absolute atomic E-state index is 0.151. The molecule has 1 unspecified atom stereocenters. The zero-order chi connectivity index (χ0) is 13.1. The van der Waals surface area contributed by atoms with Gasteiger partial charge in [-0.15, -0.1) is 11.3 Å². The minimum Gasteiger partial charge on any atom is -0.271 e. The number of thiazole rings is 1. The molecule has 6 heteroatoms. The van der Waals surface area contributed by atoms with Crippen molar-refractivity contribution in [2.75, 3.05) is 0 Å². The van der Waals surface area contributed by atoms with Gasteiger partial charge in [-0.2, -0.15) is 0 Å². The number of nitrogens with zero attached hydrogens (tertiary/aromatic N) is 1. The maximum atomic E-state index is 13.1. The van der Waals surface area contributed by atoms with Crippen molar-refractivity contribution >= 4 is 11.3 Å². The molecule has 0 aliphatic heterocycles. The largest absolute Gasteiger partial charge is 0.271 e. The summed E-state index contributed by atoms with van der Waals surface area (Å²) in [5.74, 6) is 3.82. The average molecular weight is 269 g/mol. The van der Waals surface area contributed by atoms with Crippen LogP contribution in [0, 0.1) is 18.6 Å². The van der Waals surface area contributed by atoms with Crippen LogP contribution in [-0.2, 0) is 6.42 Å². The van der Waals surface area contributed by atoms with Gasteiger partial charge >= 0.3 is 0 Å². The Hall–Kier alpha value is -1.37. The summed E-state index contributed by atoms with van der Waals surface area (Å²) in [6.07, 6.45) is 0.483. The Morgan fingerprint density at radius 1 is 1.39 bits per heavy atom. The predicted molar refractivity (Wildman–Crippen MR) is 67.0 cm³/mol. The lowest BCUT2D eigenvalue weighted by molar-refractivity contribution is 0.503. The molecule has 18 heavy (non-hydrogen) atoms. The van der Waals surface area contributed by atoms with E-state index >= 15 is 0 Å². The van der Waals surface area contributed by atoms with Gasteiger partial charge in [-0.25, -0.2) is 13.8 Å². The van der Waals surface area contributed by atoms with Crippen LogP contribution in [0.1, 0.15) is 22.2 Å². The molecule has 0 aliphatic rings. The van der Waals surface area contributed by atoms with Crippen LogP contribution in [-0.4, -0.2) is 4.98 Å². The first-order valence-electron chi connectivity index (χ1n) is 5.42. The molecule has 0 bridgehead atoms. The normalized spacial score (nSPS) is 12.7. The van der Waals surface area contributed by atoms with E-state index in [0.717, 1.165) is 16.6 Å². The van der Waals surface area contributed by atoms with Crippen LogP contribution in [0.5, 0.6) is 0 Å². The van der Waals surface area contributed by atoms with Crippen molar-refractivity contribution in [1.82, 2.24) is 10.4 Å². The van der Waals surface area contributed by atoms with E-state index in [1.54, 1.807) is 11.6 Å². The third-order valence-corrected chi connectivity index (χ3v) is 3.77. The number of rotatable bonds is 4. The third-order valence-electron chi connectivity index (χ3n) is 2.72. The number of aromatic nitrogens is 1. The van der Waals surface area contributed by atoms with Crippen LogP contribution in [0.4, 0.5) is 8.78 Å². The van der Waals surface area contributed by atoms with E-state index in [2.05, 4.69) is 10.4 Å². The summed E-state index contributed by atoms with van der Waals surface area (Å²) in [5.41, 5.74) is 6.00. The van der Waals surface area contributed by atoms with Crippen LogP contribution in [0.25, 0.3) is 0 Å². The zero-order valence-electron chi connectivity index (χ0n) is 9.78. The highest BCUT2D eigenvalue weighted by Crippen LogP contribution is 2.24. The molecule has 1 heterocycles. The van der Waals surface area contributed by atoms with Gasteiger partial charge in [0.15, 0.2) is 11.6 Å². The van der Waals surface area contributed by atoms with E-state index < -0.39 is 11.6 Å². The van der Waals surface area contributed by atoms with Gasteiger partial charge < -0.3 is 0 Å². The zero-order valence-corrected chi connectivity index (χ0v) is 10.6. The third kappa shape index (κ3) is 2.72. The number of hydrogen-bond donors (Lipinski definition) is 2. The highest BCUT2D eigenvalue weighted by Gasteiger charge is 2.16. The molecule has 2 rings (SSSR count). The summed E-state index contributed by atoms with van der Waals surface area (Å²) < 4.78 is 26.0. The maximum Gasteiger partial charge on any atom is 0.159 e. The molecule has 0 saturated heterocycles. The van der Waals surface area contributed by atoms with E-state index in [0.29, 0.717) is 12.0 Å². The molecule has 0 fully saturated rings. The minimum atomic E-state index is -0.843. The molecule has 1 atom stereocenters. The topological polar surface area (TPSA) is 50.9 Å². The molecular formula is C12H13F2N3S. The molecule has 0 radical (unpaired) electrons. The summed E-state index contributed by atoms with van der Waals surface area (Å²) in [5, 5.41) is 0. The number of nitrogens with one attached hydrogen (secondary N) is 1. The second-order valence-corrected chi connectivity index (χ2v) is 4.86. The molecule has 0 amide bonds. The molecule has 3 N–H and O–H groups in total. The molecule has 0 aliphatic carbocycles. The standard InChI is InChI=1S/C12H13F2N3S/c1-7-12(18-6-16-7)11(17-15)5-8-2-3-9(13)10(14)4-8/h2-4,6,11,17H,5,15H2,1H3. The number of benzene rings is 1. The van der Waals surface area contributed by atoms with Crippen LogP contribution >= 0.6 is 11.3 Å². The van der Waals surface area contributed by atoms with Gasteiger partial charge in [-0.3, -0.25) is 11.3 Å². The van der Waals surface area contributed by atoms with Gasteiger partial charge in [0, 0.05) is 4.88 Å². The molecule has 2 aromatic rings. The predicted octanol–water partition coefficient (Wildman–Crippen LogP) is 2.48. The van der Waals surface area contributed by atoms with E-state index in [9.17, 15) is 8.78 Å². The Morgan fingerprint density at radius 2 is 2.17 bits per heavy atom. The fourth-order valence-electron chi connectivity index (χ4n) is 1.77. The molecule has 96 valence electrons. The van der Waals surface area contributed by atoms with Crippen LogP contribution in [0.3, 0.4) is 0 Å². The van der Waals surface area contributed by atoms with E-state index in [1.807, 2.05) is 6.92 Å². The lowest BCUT2D eigenvalue weighted by Gasteiger charge is -2.15. The van der Waals surface area contributed by atoms with Gasteiger partial charge in [0.2, 0.25) is 0 Å². The lowest BCUT2D eigenvalue weighted by Crippen LogP contribution is -2.29. The van der Waals surface area contributed by atoms with Crippen LogP contribution in [0.2, 0.25) is 0 Å². The number of hydrogen-bond acceptors (Lipinski definition) is 4. The number of nitrogens with two attached hydrogens (primary N) is 1. The summed E-state index contributed by atoms with van der Waals surface area (Å²) in [4.78, 5) is 5.15. The fraction of sp³-hybridized carbons (Fsp3) is 0.250. The van der Waals surface area contributed by atoms with Crippen molar-refractivity contribution in [2.24, 2.45) is 5.84 Å². The lowest BCUT2D eigenvalue weighted by atomic mass is 10.0. The number of hydrazine groups is 1. The molecule has 0 saturated carbocycles. The Morgan fingerprint density at radius 3 is 2.72 bits per heavy atom. The number of aryl methyl sites for hydroxylation is 1. The summed E-state index contributed by atoms with van der Waals surface area (Å²) >= 11 is 1.49. The van der Waals surface area contributed by atoms with Crippen molar-refractivity contribution in [3.05, 3.63) is 51.5 Å². The summed E-state index contributed by atoms with van der Waals surface area (Å²) in [6.45, 7) is 1.89. The van der Waals surface area contributed by atoms with Gasteiger partial charge in [-0.05, 0) is 31.0 Å². The van der Waals surface area contributed by atoms with Gasteiger partial charge in [-0.1, -0.05) is 6.07 Å². The Labute approximate surface area is 108 Å². The molecular weight excluding hydrogens is 256 g/mol. The molecule has 1 aromatic heterocycles. The average Bonchev–Trinajstić information content (AvgIpc) is 2.77. The number of halogens is 2. The Bertz CT molecular complexity index is 542. The maximum absolute atomic E-state index is 13.1. The summed E-state index contributed by atoms with van der Waals surface area (Å²) in [6, 6.07) is 3.72. The smallest absolute Gasteiger partial charge is 0.159 e.